The molecule has 0 aliphatic heterocycles. The largest absolute Gasteiger partial charge is 0.328 e. The SMILES string of the molecule is NC1CCCCC1.[C]. The second-order valence-electron chi connectivity index (χ2n) is 2.40. The Morgan fingerprint density at radius 1 is 1.00 bits per heavy atom. The summed E-state index contributed by atoms with van der Waals surface area (Å²) < 4.78 is 0. The zero-order chi connectivity index (χ0) is 5.11. The van der Waals surface area contributed by atoms with Gasteiger partial charge in [-0.1, -0.05) is 19.3 Å². The summed E-state index contributed by atoms with van der Waals surface area (Å²) in [5.74, 6) is 0. The van der Waals surface area contributed by atoms with Crippen LogP contribution in [0.1, 0.15) is 32.1 Å². The van der Waals surface area contributed by atoms with E-state index < -0.39 is 0 Å². The molecule has 0 heterocycles. The highest BCUT2D eigenvalue weighted by molar-refractivity contribution is 4.66. The lowest BCUT2D eigenvalue weighted by atomic mass is 9.97. The van der Waals surface area contributed by atoms with Gasteiger partial charge in [-0.3, -0.25) is 0 Å². The maximum atomic E-state index is 5.63. The maximum absolute atomic E-state index is 5.63. The third-order valence-corrected chi connectivity index (χ3v) is 1.65. The minimum atomic E-state index is 0. The molecule has 0 amide bonds. The molecule has 1 rings (SSSR count). The number of rotatable bonds is 0. The summed E-state index contributed by atoms with van der Waals surface area (Å²) in [5.41, 5.74) is 5.63. The second-order valence-corrected chi connectivity index (χ2v) is 2.40. The fourth-order valence-electron chi connectivity index (χ4n) is 1.13. The first-order valence-electron chi connectivity index (χ1n) is 3.15. The van der Waals surface area contributed by atoms with Crippen molar-refractivity contribution in [2.45, 2.75) is 38.1 Å². The van der Waals surface area contributed by atoms with Crippen LogP contribution in [0.4, 0.5) is 0 Å². The van der Waals surface area contributed by atoms with Crippen LogP contribution in [0, 0.1) is 7.43 Å². The van der Waals surface area contributed by atoms with Crippen LogP contribution < -0.4 is 5.73 Å². The number of hydrogen-bond donors (Lipinski definition) is 1. The zero-order valence-electron chi connectivity index (χ0n) is 5.19. The van der Waals surface area contributed by atoms with Crippen LogP contribution in [0.2, 0.25) is 0 Å². The molecule has 0 aromatic heterocycles. The fourth-order valence-corrected chi connectivity index (χ4v) is 1.13. The summed E-state index contributed by atoms with van der Waals surface area (Å²) >= 11 is 0. The highest BCUT2D eigenvalue weighted by atomic mass is 14.6. The van der Waals surface area contributed by atoms with Crippen molar-refractivity contribution in [3.8, 4) is 0 Å². The highest BCUT2D eigenvalue weighted by Gasteiger charge is 2.06. The molecule has 0 saturated heterocycles. The predicted octanol–water partition coefficient (Wildman–Crippen LogP) is 1.36. The standard InChI is InChI=1S/C6H13N.C/c7-6-4-2-1-3-5-6;/h6H,1-5,7H2;. The molecule has 8 heavy (non-hydrogen) atoms. The molecule has 1 heteroatoms. The third-order valence-electron chi connectivity index (χ3n) is 1.65. The van der Waals surface area contributed by atoms with Crippen LogP contribution in [-0.2, 0) is 0 Å². The van der Waals surface area contributed by atoms with Crippen molar-refractivity contribution in [2.75, 3.05) is 0 Å². The molecule has 1 fully saturated rings. The normalized spacial score (nSPS) is 22.1. The van der Waals surface area contributed by atoms with E-state index in [9.17, 15) is 0 Å². The average molecular weight is 111 g/mol. The Morgan fingerprint density at radius 2 is 1.50 bits per heavy atom. The molecular formula is C7H13N. The molecule has 1 saturated carbocycles. The van der Waals surface area contributed by atoms with E-state index in [1.807, 2.05) is 0 Å². The Labute approximate surface area is 52.3 Å². The minimum absolute atomic E-state index is 0. The van der Waals surface area contributed by atoms with Gasteiger partial charge in [0.15, 0.2) is 0 Å². The predicted molar refractivity (Wildman–Crippen MR) is 34.3 cm³/mol. The highest BCUT2D eigenvalue weighted by Crippen LogP contribution is 2.14. The molecule has 1 aliphatic carbocycles. The third kappa shape index (κ3) is 2.31. The van der Waals surface area contributed by atoms with E-state index in [1.165, 1.54) is 32.1 Å². The Balaban J connectivity index is 0.000000490. The van der Waals surface area contributed by atoms with Crippen LogP contribution in [-0.4, -0.2) is 6.04 Å². The van der Waals surface area contributed by atoms with E-state index in [-0.39, 0.29) is 7.43 Å². The van der Waals surface area contributed by atoms with Gasteiger partial charge in [0.2, 0.25) is 0 Å². The first-order valence-corrected chi connectivity index (χ1v) is 3.15. The van der Waals surface area contributed by atoms with Crippen LogP contribution in [0.5, 0.6) is 0 Å². The van der Waals surface area contributed by atoms with E-state index in [0.29, 0.717) is 6.04 Å². The molecule has 0 unspecified atom stereocenters. The van der Waals surface area contributed by atoms with Crippen LogP contribution in [0.25, 0.3) is 0 Å². The summed E-state index contributed by atoms with van der Waals surface area (Å²) in [6.07, 6.45) is 6.66. The van der Waals surface area contributed by atoms with Crippen molar-refractivity contribution >= 4 is 0 Å². The molecule has 1 aliphatic rings. The van der Waals surface area contributed by atoms with E-state index in [2.05, 4.69) is 0 Å². The molecule has 0 aromatic carbocycles. The zero-order valence-corrected chi connectivity index (χ0v) is 5.19. The number of hydrogen-bond acceptors (Lipinski definition) is 1. The molecule has 0 spiro atoms. The Kier molecular flexibility index (Phi) is 3.88. The molecule has 1 nitrogen and oxygen atoms in total. The second kappa shape index (κ2) is 3.90. The van der Waals surface area contributed by atoms with Crippen molar-refractivity contribution in [3.63, 3.8) is 0 Å². The van der Waals surface area contributed by atoms with E-state index in [4.69, 9.17) is 5.73 Å². The molecule has 4 radical (unpaired) electrons. The topological polar surface area (TPSA) is 26.0 Å². The fraction of sp³-hybridized carbons (Fsp3) is 0.857. The van der Waals surface area contributed by atoms with Crippen molar-refractivity contribution in [3.05, 3.63) is 7.43 Å². The van der Waals surface area contributed by atoms with Gasteiger partial charge in [0.05, 0.1) is 0 Å². The maximum Gasteiger partial charge on any atom is 0.00388 e. The monoisotopic (exact) mass is 111 g/mol. The van der Waals surface area contributed by atoms with Crippen LogP contribution in [0.3, 0.4) is 0 Å². The van der Waals surface area contributed by atoms with Gasteiger partial charge in [0.25, 0.3) is 0 Å². The lowest BCUT2D eigenvalue weighted by molar-refractivity contribution is 0.441. The molecule has 2 N–H and O–H groups in total. The smallest absolute Gasteiger partial charge is 0.00388 e. The van der Waals surface area contributed by atoms with Gasteiger partial charge in [-0.15, -0.1) is 0 Å². The quantitative estimate of drug-likeness (QED) is 0.502. The van der Waals surface area contributed by atoms with Gasteiger partial charge >= 0.3 is 0 Å². The summed E-state index contributed by atoms with van der Waals surface area (Å²) in [4.78, 5) is 0. The van der Waals surface area contributed by atoms with Gasteiger partial charge in [0.1, 0.15) is 0 Å². The van der Waals surface area contributed by atoms with E-state index >= 15 is 0 Å². The van der Waals surface area contributed by atoms with Crippen LogP contribution in [0.15, 0.2) is 0 Å². The first kappa shape index (κ1) is 7.96. The minimum Gasteiger partial charge on any atom is -0.328 e. The molecule has 0 aromatic rings. The Hall–Kier alpha value is -0.0400. The lowest BCUT2D eigenvalue weighted by Crippen LogP contribution is -2.22. The average Bonchev–Trinajstić information content (AvgIpc) is 1.69. The van der Waals surface area contributed by atoms with Gasteiger partial charge < -0.3 is 5.73 Å². The first-order chi connectivity index (χ1) is 3.39. The van der Waals surface area contributed by atoms with E-state index in [1.54, 1.807) is 0 Å². The van der Waals surface area contributed by atoms with Gasteiger partial charge in [0, 0.05) is 13.5 Å². The lowest BCUT2D eigenvalue weighted by Gasteiger charge is -2.15. The summed E-state index contributed by atoms with van der Waals surface area (Å²) in [7, 11) is 0. The van der Waals surface area contributed by atoms with Crippen molar-refractivity contribution in [1.82, 2.24) is 0 Å². The summed E-state index contributed by atoms with van der Waals surface area (Å²) in [6.45, 7) is 0. The number of nitrogens with two attached hydrogens (primary N) is 1. The molecule has 0 bridgehead atoms. The van der Waals surface area contributed by atoms with Crippen LogP contribution >= 0.6 is 0 Å². The summed E-state index contributed by atoms with van der Waals surface area (Å²) in [6, 6.07) is 0.536. The van der Waals surface area contributed by atoms with Gasteiger partial charge in [-0.05, 0) is 12.8 Å². The Morgan fingerprint density at radius 3 is 1.75 bits per heavy atom. The van der Waals surface area contributed by atoms with Crippen molar-refractivity contribution in [2.24, 2.45) is 5.73 Å². The van der Waals surface area contributed by atoms with E-state index in [0.717, 1.165) is 0 Å². The Bertz CT molecular complexity index is 46.3. The molecule has 46 valence electrons. The van der Waals surface area contributed by atoms with Crippen molar-refractivity contribution < 1.29 is 0 Å². The molecule has 0 atom stereocenters. The van der Waals surface area contributed by atoms with Gasteiger partial charge in [-0.25, -0.2) is 0 Å². The van der Waals surface area contributed by atoms with Crippen molar-refractivity contribution in [1.29, 1.82) is 0 Å². The molecular weight excluding hydrogens is 98.1 g/mol. The summed E-state index contributed by atoms with van der Waals surface area (Å²) in [5, 5.41) is 0. The van der Waals surface area contributed by atoms with Gasteiger partial charge in [-0.2, -0.15) is 0 Å².